The van der Waals surface area contributed by atoms with Crippen LogP contribution in [0.5, 0.6) is 11.5 Å². The molecule has 0 aliphatic carbocycles. The molecule has 1 atom stereocenters. The van der Waals surface area contributed by atoms with E-state index in [1.54, 1.807) is 55.5 Å². The van der Waals surface area contributed by atoms with Crippen LogP contribution < -0.4 is 14.4 Å². The molecule has 1 N–H and O–H groups in total. The molecule has 0 spiro atoms. The van der Waals surface area contributed by atoms with Crippen LogP contribution in [-0.4, -0.2) is 34.2 Å². The minimum absolute atomic E-state index is 0.0692. The molecule has 1 aliphatic rings. The van der Waals surface area contributed by atoms with Gasteiger partial charge in [-0.25, -0.2) is 4.98 Å². The fourth-order valence-corrected chi connectivity index (χ4v) is 6.06. The van der Waals surface area contributed by atoms with E-state index in [2.05, 4.69) is 11.9 Å². The smallest absolute Gasteiger partial charge is 0.301 e. The molecule has 0 radical (unpaired) electrons. The van der Waals surface area contributed by atoms with Crippen LogP contribution in [0.2, 0.25) is 0 Å². The summed E-state index contributed by atoms with van der Waals surface area (Å²) >= 11 is 1.05. The highest BCUT2D eigenvalue weighted by Gasteiger charge is 2.48. The minimum Gasteiger partial charge on any atom is -0.507 e. The summed E-state index contributed by atoms with van der Waals surface area (Å²) in [4.78, 5) is 45.4. The normalized spacial score (nSPS) is 15.9. The van der Waals surface area contributed by atoms with E-state index in [4.69, 9.17) is 9.47 Å². The number of anilines is 1. The molecule has 2 heterocycles. The molecule has 1 aromatic heterocycles. The highest BCUT2D eigenvalue weighted by atomic mass is 32.1. The number of ether oxygens (including phenoxy) is 2. The minimum atomic E-state index is -0.970. The third-order valence-electron chi connectivity index (χ3n) is 7.33. The number of rotatable bonds is 11. The van der Waals surface area contributed by atoms with Gasteiger partial charge >= 0.3 is 5.91 Å². The maximum atomic E-state index is 13.6. The standard InChI is InChI=1S/C35H34N2O6S/c1-5-6-18-42-27-14-10-25(11-15-27)30-29(32(40)34(41)37(30)35-36-22(3)33(44-35)23(4)38)31(39)26-12-16-28(17-13-26)43-20-24-9-7-8-21(2)19-24/h7-17,19,30,39H,5-6,18,20H2,1-4H3/b31-29+. The molecule has 1 amide bonds. The lowest BCUT2D eigenvalue weighted by atomic mass is 9.95. The Bertz CT molecular complexity index is 1720. The van der Waals surface area contributed by atoms with Crippen LogP contribution in [0.4, 0.5) is 5.13 Å². The van der Waals surface area contributed by atoms with Crippen molar-refractivity contribution >= 4 is 39.7 Å². The van der Waals surface area contributed by atoms with Gasteiger partial charge in [-0.15, -0.1) is 0 Å². The third kappa shape index (κ3) is 6.43. The van der Waals surface area contributed by atoms with Crippen LogP contribution in [0.15, 0.2) is 78.4 Å². The summed E-state index contributed by atoms with van der Waals surface area (Å²) in [6.07, 6.45) is 1.92. The predicted molar refractivity (Wildman–Crippen MR) is 170 cm³/mol. The van der Waals surface area contributed by atoms with Gasteiger partial charge in [-0.05, 0) is 67.8 Å². The van der Waals surface area contributed by atoms with Crippen molar-refractivity contribution in [1.82, 2.24) is 4.98 Å². The summed E-state index contributed by atoms with van der Waals surface area (Å²) in [5.74, 6) is -0.922. The maximum Gasteiger partial charge on any atom is 0.301 e. The van der Waals surface area contributed by atoms with Gasteiger partial charge in [-0.2, -0.15) is 0 Å². The van der Waals surface area contributed by atoms with Gasteiger partial charge in [0.25, 0.3) is 5.78 Å². The van der Waals surface area contributed by atoms with Crippen LogP contribution in [-0.2, 0) is 16.2 Å². The van der Waals surface area contributed by atoms with Gasteiger partial charge in [0.1, 0.15) is 23.9 Å². The van der Waals surface area contributed by atoms with Gasteiger partial charge in [0.15, 0.2) is 10.9 Å². The van der Waals surface area contributed by atoms with Crippen LogP contribution >= 0.6 is 11.3 Å². The highest BCUT2D eigenvalue weighted by molar-refractivity contribution is 7.18. The van der Waals surface area contributed by atoms with Crippen molar-refractivity contribution in [3.63, 3.8) is 0 Å². The zero-order valence-corrected chi connectivity index (χ0v) is 25.9. The molecule has 4 aromatic rings. The lowest BCUT2D eigenvalue weighted by molar-refractivity contribution is -0.132. The first kappa shape index (κ1) is 30.7. The summed E-state index contributed by atoms with van der Waals surface area (Å²) in [5.41, 5.74) is 3.52. The second kappa shape index (κ2) is 13.3. The Labute approximate surface area is 260 Å². The Hall–Kier alpha value is -4.76. The monoisotopic (exact) mass is 610 g/mol. The molecular weight excluding hydrogens is 576 g/mol. The van der Waals surface area contributed by atoms with E-state index in [1.807, 2.05) is 31.2 Å². The van der Waals surface area contributed by atoms with Crippen molar-refractivity contribution in [2.75, 3.05) is 11.5 Å². The zero-order chi connectivity index (χ0) is 31.4. The van der Waals surface area contributed by atoms with Gasteiger partial charge in [-0.1, -0.05) is 66.6 Å². The quantitative estimate of drug-likeness (QED) is 0.0622. The van der Waals surface area contributed by atoms with Gasteiger partial charge in [0.05, 0.1) is 28.8 Å². The number of thiazole rings is 1. The summed E-state index contributed by atoms with van der Waals surface area (Å²) in [6, 6.07) is 20.9. The van der Waals surface area contributed by atoms with Gasteiger partial charge in [0.2, 0.25) is 0 Å². The number of aromatic nitrogens is 1. The number of nitrogens with zero attached hydrogens (tertiary/aromatic N) is 2. The Morgan fingerprint density at radius 1 is 0.977 bits per heavy atom. The zero-order valence-electron chi connectivity index (χ0n) is 25.1. The third-order valence-corrected chi connectivity index (χ3v) is 8.59. The average molecular weight is 611 g/mol. The molecular formula is C35H34N2O6S. The lowest BCUT2D eigenvalue weighted by Gasteiger charge is -2.23. The number of aliphatic hydroxyl groups excluding tert-OH is 1. The molecule has 0 bridgehead atoms. The number of ketones is 2. The molecule has 9 heteroatoms. The van der Waals surface area contributed by atoms with Crippen LogP contribution in [0.3, 0.4) is 0 Å². The van der Waals surface area contributed by atoms with Crippen molar-refractivity contribution in [3.05, 3.63) is 111 Å². The molecule has 0 saturated carbocycles. The Kier molecular flexibility index (Phi) is 9.25. The Morgan fingerprint density at radius 2 is 1.66 bits per heavy atom. The van der Waals surface area contributed by atoms with E-state index < -0.39 is 17.7 Å². The van der Waals surface area contributed by atoms with Crippen LogP contribution in [0, 0.1) is 13.8 Å². The van der Waals surface area contributed by atoms with Crippen molar-refractivity contribution in [2.24, 2.45) is 0 Å². The summed E-state index contributed by atoms with van der Waals surface area (Å²) in [5, 5.41) is 11.7. The first-order valence-electron chi connectivity index (χ1n) is 14.5. The van der Waals surface area contributed by atoms with Crippen LogP contribution in [0.25, 0.3) is 5.76 Å². The topological polar surface area (TPSA) is 106 Å². The fraction of sp³-hybridized carbons (Fsp3) is 0.257. The first-order chi connectivity index (χ1) is 21.2. The van der Waals surface area contributed by atoms with Gasteiger partial charge in [0, 0.05) is 12.5 Å². The average Bonchev–Trinajstić information content (AvgIpc) is 3.53. The van der Waals surface area contributed by atoms with E-state index in [0.29, 0.717) is 46.4 Å². The molecule has 1 unspecified atom stereocenters. The van der Waals surface area contributed by atoms with E-state index in [-0.39, 0.29) is 22.2 Å². The van der Waals surface area contributed by atoms with Crippen LogP contribution in [0.1, 0.15) is 70.4 Å². The highest BCUT2D eigenvalue weighted by Crippen LogP contribution is 2.44. The van der Waals surface area contributed by atoms with E-state index in [1.165, 1.54) is 11.8 Å². The summed E-state index contributed by atoms with van der Waals surface area (Å²) in [6.45, 7) is 8.18. The number of hydrogen-bond donors (Lipinski definition) is 1. The maximum absolute atomic E-state index is 13.6. The number of aryl methyl sites for hydroxylation is 2. The van der Waals surface area contributed by atoms with E-state index >= 15 is 0 Å². The van der Waals surface area contributed by atoms with E-state index in [9.17, 15) is 19.5 Å². The molecule has 8 nitrogen and oxygen atoms in total. The molecule has 226 valence electrons. The molecule has 1 saturated heterocycles. The molecule has 1 fully saturated rings. The van der Waals surface area contributed by atoms with Gasteiger partial charge in [-0.3, -0.25) is 19.3 Å². The second-order valence-corrected chi connectivity index (χ2v) is 11.7. The number of aliphatic hydroxyl groups is 1. The summed E-state index contributed by atoms with van der Waals surface area (Å²) in [7, 11) is 0. The largest absolute Gasteiger partial charge is 0.507 e. The summed E-state index contributed by atoms with van der Waals surface area (Å²) < 4.78 is 11.7. The molecule has 1 aliphatic heterocycles. The molecule has 3 aromatic carbocycles. The van der Waals surface area contributed by atoms with Gasteiger partial charge < -0.3 is 14.6 Å². The Balaban J connectivity index is 1.51. The van der Waals surface area contributed by atoms with Crippen molar-refractivity contribution in [1.29, 1.82) is 0 Å². The van der Waals surface area contributed by atoms with Crippen molar-refractivity contribution in [3.8, 4) is 11.5 Å². The number of hydrogen-bond acceptors (Lipinski definition) is 8. The molecule has 5 rings (SSSR count). The number of amides is 1. The number of benzene rings is 3. The first-order valence-corrected chi connectivity index (χ1v) is 15.3. The SMILES string of the molecule is CCCCOc1ccc(C2/C(=C(\O)c3ccc(OCc4cccc(C)c4)cc3)C(=O)C(=O)N2c2nc(C)c(C(C)=O)s2)cc1. The number of Topliss-reactive ketones (excluding diaryl/α,β-unsaturated/α-hetero) is 2. The number of carbonyl (C=O) groups excluding carboxylic acids is 3. The van der Waals surface area contributed by atoms with Crippen molar-refractivity contribution < 1.29 is 29.0 Å². The fourth-order valence-electron chi connectivity index (χ4n) is 5.07. The predicted octanol–water partition coefficient (Wildman–Crippen LogP) is 7.35. The number of unbranched alkanes of at least 4 members (excludes halogenated alkanes) is 1. The van der Waals surface area contributed by atoms with Crippen molar-refractivity contribution in [2.45, 2.75) is 53.2 Å². The second-order valence-electron chi connectivity index (χ2n) is 10.7. The lowest BCUT2D eigenvalue weighted by Crippen LogP contribution is -2.29. The Morgan fingerprint density at radius 3 is 2.30 bits per heavy atom. The molecule has 44 heavy (non-hydrogen) atoms. The van der Waals surface area contributed by atoms with E-state index in [0.717, 1.165) is 35.3 Å². The number of carbonyl (C=O) groups is 3.